The number of pyridine rings is 1. The van der Waals surface area contributed by atoms with Crippen LogP contribution in [-0.2, 0) is 13.0 Å². The van der Waals surface area contributed by atoms with E-state index >= 15 is 0 Å². The fourth-order valence-electron chi connectivity index (χ4n) is 2.31. The fraction of sp³-hybridized carbons (Fsp3) is 0.312. The number of nitrogens with two attached hydrogens (primary N) is 1. The molecule has 0 radical (unpaired) electrons. The molecule has 112 valence electrons. The Morgan fingerprint density at radius 2 is 1.71 bits per heavy atom. The molecule has 0 aliphatic rings. The van der Waals surface area contributed by atoms with Crippen LogP contribution in [0.5, 0.6) is 0 Å². The van der Waals surface area contributed by atoms with E-state index in [1.54, 1.807) is 31.3 Å². The minimum absolute atomic E-state index is 0.0276. The lowest BCUT2D eigenvalue weighted by atomic mass is 10.1. The monoisotopic (exact) mass is 291 g/mol. The van der Waals surface area contributed by atoms with Gasteiger partial charge in [-0.2, -0.15) is 0 Å². The highest BCUT2D eigenvalue weighted by Crippen LogP contribution is 2.25. The lowest BCUT2D eigenvalue weighted by molar-refractivity contribution is 0.571. The van der Waals surface area contributed by atoms with E-state index in [4.69, 9.17) is 5.73 Å². The molecule has 2 aromatic rings. The van der Waals surface area contributed by atoms with E-state index in [0.717, 1.165) is 5.56 Å². The molecule has 3 nitrogen and oxygen atoms in total. The van der Waals surface area contributed by atoms with Gasteiger partial charge in [0, 0.05) is 32.0 Å². The number of aromatic nitrogens is 1. The average molecular weight is 291 g/mol. The van der Waals surface area contributed by atoms with E-state index in [2.05, 4.69) is 4.98 Å². The summed E-state index contributed by atoms with van der Waals surface area (Å²) in [6, 6.07) is 6.20. The minimum Gasteiger partial charge on any atom is -0.366 e. The van der Waals surface area contributed by atoms with Crippen molar-refractivity contribution in [3.63, 3.8) is 0 Å². The second-order valence-electron chi connectivity index (χ2n) is 5.30. The Balaban J connectivity index is 2.23. The SMILES string of the molecule is CC(N)Cc1cc(F)c(N(C)Cc2ccncc2)c(F)c1. The second kappa shape index (κ2) is 6.63. The molecule has 1 aromatic carbocycles. The van der Waals surface area contributed by atoms with Gasteiger partial charge >= 0.3 is 0 Å². The zero-order valence-electron chi connectivity index (χ0n) is 12.2. The Labute approximate surface area is 123 Å². The highest BCUT2D eigenvalue weighted by Gasteiger charge is 2.16. The van der Waals surface area contributed by atoms with Crippen LogP contribution in [0.4, 0.5) is 14.5 Å². The number of benzene rings is 1. The van der Waals surface area contributed by atoms with E-state index in [0.29, 0.717) is 18.5 Å². The first-order valence-corrected chi connectivity index (χ1v) is 6.81. The van der Waals surface area contributed by atoms with E-state index in [1.165, 1.54) is 12.1 Å². The van der Waals surface area contributed by atoms with E-state index < -0.39 is 11.6 Å². The van der Waals surface area contributed by atoms with E-state index in [9.17, 15) is 8.78 Å². The molecule has 0 aliphatic carbocycles. The molecule has 0 aliphatic heterocycles. The van der Waals surface area contributed by atoms with Crippen molar-refractivity contribution in [2.45, 2.75) is 25.9 Å². The topological polar surface area (TPSA) is 42.1 Å². The summed E-state index contributed by atoms with van der Waals surface area (Å²) in [6.07, 6.45) is 3.76. The zero-order valence-corrected chi connectivity index (χ0v) is 12.2. The molecule has 1 aromatic heterocycles. The first kappa shape index (κ1) is 15.4. The summed E-state index contributed by atoms with van der Waals surface area (Å²) in [7, 11) is 1.66. The molecule has 0 bridgehead atoms. The Kier molecular flexibility index (Phi) is 4.85. The van der Waals surface area contributed by atoms with Gasteiger partial charge in [0.25, 0.3) is 0 Å². The number of hydrogen-bond acceptors (Lipinski definition) is 3. The fourth-order valence-corrected chi connectivity index (χ4v) is 2.31. The minimum atomic E-state index is -0.567. The molecule has 0 fully saturated rings. The molecule has 0 saturated heterocycles. The quantitative estimate of drug-likeness (QED) is 0.921. The van der Waals surface area contributed by atoms with Crippen LogP contribution in [-0.4, -0.2) is 18.1 Å². The highest BCUT2D eigenvalue weighted by molar-refractivity contribution is 5.50. The van der Waals surface area contributed by atoms with Crippen molar-refractivity contribution in [2.24, 2.45) is 5.73 Å². The van der Waals surface area contributed by atoms with Gasteiger partial charge < -0.3 is 10.6 Å². The molecule has 1 atom stereocenters. The normalized spacial score (nSPS) is 12.2. The van der Waals surface area contributed by atoms with E-state index in [-0.39, 0.29) is 11.7 Å². The van der Waals surface area contributed by atoms with Gasteiger partial charge in [-0.1, -0.05) is 0 Å². The second-order valence-corrected chi connectivity index (χ2v) is 5.30. The van der Waals surface area contributed by atoms with Crippen molar-refractivity contribution >= 4 is 5.69 Å². The largest absolute Gasteiger partial charge is 0.366 e. The van der Waals surface area contributed by atoms with E-state index in [1.807, 2.05) is 12.1 Å². The highest BCUT2D eigenvalue weighted by atomic mass is 19.1. The molecule has 0 amide bonds. The third-order valence-electron chi connectivity index (χ3n) is 3.19. The van der Waals surface area contributed by atoms with Crippen molar-refractivity contribution in [2.75, 3.05) is 11.9 Å². The van der Waals surface area contributed by atoms with Crippen LogP contribution in [0, 0.1) is 11.6 Å². The maximum absolute atomic E-state index is 14.2. The predicted octanol–water partition coefficient (Wildman–Crippen LogP) is 2.89. The molecule has 1 heterocycles. The van der Waals surface area contributed by atoms with Crippen LogP contribution in [0.2, 0.25) is 0 Å². The van der Waals surface area contributed by atoms with Crippen LogP contribution in [0.3, 0.4) is 0 Å². The van der Waals surface area contributed by atoms with Gasteiger partial charge in [-0.05, 0) is 48.7 Å². The van der Waals surface area contributed by atoms with Crippen molar-refractivity contribution in [3.05, 3.63) is 59.4 Å². The summed E-state index contributed by atoms with van der Waals surface area (Å²) in [5.74, 6) is -1.13. The molecule has 2 N–H and O–H groups in total. The maximum Gasteiger partial charge on any atom is 0.149 e. The Bertz CT molecular complexity index is 577. The van der Waals surface area contributed by atoms with Crippen molar-refractivity contribution < 1.29 is 8.78 Å². The third kappa shape index (κ3) is 3.98. The van der Waals surface area contributed by atoms with Crippen LogP contribution in [0.25, 0.3) is 0 Å². The van der Waals surface area contributed by atoms with Crippen molar-refractivity contribution in [1.82, 2.24) is 4.98 Å². The van der Waals surface area contributed by atoms with Crippen LogP contribution >= 0.6 is 0 Å². The summed E-state index contributed by atoms with van der Waals surface area (Å²) in [6.45, 7) is 2.21. The predicted molar refractivity (Wildman–Crippen MR) is 80.1 cm³/mol. The smallest absolute Gasteiger partial charge is 0.149 e. The molecule has 1 unspecified atom stereocenters. The molecule has 2 rings (SSSR count). The molecular weight excluding hydrogens is 272 g/mol. The Morgan fingerprint density at radius 3 is 2.24 bits per heavy atom. The van der Waals surface area contributed by atoms with Gasteiger partial charge in [0.2, 0.25) is 0 Å². The summed E-state index contributed by atoms with van der Waals surface area (Å²) in [4.78, 5) is 5.47. The van der Waals surface area contributed by atoms with Crippen LogP contribution < -0.4 is 10.6 Å². The van der Waals surface area contributed by atoms with Gasteiger partial charge in [0.1, 0.15) is 17.3 Å². The van der Waals surface area contributed by atoms with Crippen LogP contribution in [0.15, 0.2) is 36.7 Å². The number of anilines is 1. The van der Waals surface area contributed by atoms with Gasteiger partial charge in [0.15, 0.2) is 0 Å². The summed E-state index contributed by atoms with van der Waals surface area (Å²) >= 11 is 0. The van der Waals surface area contributed by atoms with Gasteiger partial charge in [-0.3, -0.25) is 4.98 Å². The first-order chi connectivity index (χ1) is 9.97. The van der Waals surface area contributed by atoms with Crippen molar-refractivity contribution in [3.8, 4) is 0 Å². The summed E-state index contributed by atoms with van der Waals surface area (Å²) in [5.41, 5.74) is 7.14. The van der Waals surface area contributed by atoms with Gasteiger partial charge in [-0.25, -0.2) is 8.78 Å². The van der Waals surface area contributed by atoms with Gasteiger partial charge in [-0.15, -0.1) is 0 Å². The molecule has 0 saturated carbocycles. The Hall–Kier alpha value is -2.01. The molecule has 5 heteroatoms. The zero-order chi connectivity index (χ0) is 15.4. The van der Waals surface area contributed by atoms with Crippen LogP contribution in [0.1, 0.15) is 18.1 Å². The van der Waals surface area contributed by atoms with Gasteiger partial charge in [0.05, 0.1) is 0 Å². The summed E-state index contributed by atoms with van der Waals surface area (Å²) < 4.78 is 28.4. The number of hydrogen-bond donors (Lipinski definition) is 1. The lowest BCUT2D eigenvalue weighted by Gasteiger charge is -2.21. The molecule has 0 spiro atoms. The number of rotatable bonds is 5. The first-order valence-electron chi connectivity index (χ1n) is 6.81. The molecule has 21 heavy (non-hydrogen) atoms. The number of halogens is 2. The third-order valence-corrected chi connectivity index (χ3v) is 3.19. The average Bonchev–Trinajstić information content (AvgIpc) is 2.38. The van der Waals surface area contributed by atoms with Crippen molar-refractivity contribution in [1.29, 1.82) is 0 Å². The summed E-state index contributed by atoms with van der Waals surface area (Å²) in [5, 5.41) is 0. The maximum atomic E-state index is 14.2. The Morgan fingerprint density at radius 1 is 1.14 bits per heavy atom. The molecular formula is C16H19F2N3. The number of nitrogens with zero attached hydrogens (tertiary/aromatic N) is 2. The lowest BCUT2D eigenvalue weighted by Crippen LogP contribution is -2.21. The standard InChI is InChI=1S/C16H19F2N3/c1-11(19)7-13-8-14(17)16(15(18)9-13)21(2)10-12-3-5-20-6-4-12/h3-6,8-9,11H,7,10,19H2,1-2H3.